The van der Waals surface area contributed by atoms with Crippen LogP contribution in [0.2, 0.25) is 0 Å². The quantitative estimate of drug-likeness (QED) is 0.452. The number of rotatable bonds is 0. The number of aliphatic hydroxyl groups excluding tert-OH is 1. The topological polar surface area (TPSA) is 20.2 Å². The molecule has 0 saturated carbocycles. The van der Waals surface area contributed by atoms with Crippen LogP contribution < -0.4 is 0 Å². The molecule has 1 N–H and O–H groups in total. The van der Waals surface area contributed by atoms with E-state index < -0.39 is 0 Å². The fourth-order valence-corrected chi connectivity index (χ4v) is 2.67. The molecule has 1 nitrogen and oxygen atoms in total. The zero-order valence-electron chi connectivity index (χ0n) is 10.2. The van der Waals surface area contributed by atoms with E-state index in [9.17, 15) is 0 Å². The summed E-state index contributed by atoms with van der Waals surface area (Å²) in [6.07, 6.45) is 0. The van der Waals surface area contributed by atoms with E-state index in [1.807, 2.05) is 0 Å². The van der Waals surface area contributed by atoms with E-state index in [2.05, 4.69) is 60.7 Å². The highest BCUT2D eigenvalue weighted by atomic mass is 16.2. The van der Waals surface area contributed by atoms with Crippen LogP contribution in [0.4, 0.5) is 0 Å². The highest BCUT2D eigenvalue weighted by molar-refractivity contribution is 6.22. The molecule has 0 bridgehead atoms. The third-order valence-corrected chi connectivity index (χ3v) is 3.39. The van der Waals surface area contributed by atoms with Crippen molar-refractivity contribution in [1.29, 1.82) is 0 Å². The van der Waals surface area contributed by atoms with Crippen molar-refractivity contribution in [1.82, 2.24) is 0 Å². The second-order valence-corrected chi connectivity index (χ2v) is 4.29. The molecule has 1 heteroatoms. The Bertz CT molecular complexity index is 672. The molecular formula is C17H14O. The van der Waals surface area contributed by atoms with Crippen molar-refractivity contribution in [3.63, 3.8) is 0 Å². The van der Waals surface area contributed by atoms with Crippen molar-refractivity contribution in [2.24, 2.45) is 0 Å². The second-order valence-electron chi connectivity index (χ2n) is 4.29. The fourth-order valence-electron chi connectivity index (χ4n) is 2.67. The van der Waals surface area contributed by atoms with Gasteiger partial charge in [0.2, 0.25) is 0 Å². The minimum Gasteiger partial charge on any atom is -0.400 e. The summed E-state index contributed by atoms with van der Waals surface area (Å²) in [5.74, 6) is 0. The first-order valence-electron chi connectivity index (χ1n) is 6.01. The van der Waals surface area contributed by atoms with Gasteiger partial charge in [-0.2, -0.15) is 0 Å². The summed E-state index contributed by atoms with van der Waals surface area (Å²) in [5.41, 5.74) is 0. The largest absolute Gasteiger partial charge is 0.400 e. The second kappa shape index (κ2) is 4.28. The van der Waals surface area contributed by atoms with Crippen LogP contribution in [0.5, 0.6) is 0 Å². The van der Waals surface area contributed by atoms with Crippen molar-refractivity contribution in [3.8, 4) is 0 Å². The molecule has 4 aromatic rings. The smallest absolute Gasteiger partial charge is 0.0319 e. The third kappa shape index (κ3) is 1.45. The minimum absolute atomic E-state index is 1.00. The molecule has 0 fully saturated rings. The van der Waals surface area contributed by atoms with Crippen LogP contribution in [-0.2, 0) is 0 Å². The van der Waals surface area contributed by atoms with Crippen molar-refractivity contribution in [2.45, 2.75) is 0 Å². The molecular weight excluding hydrogens is 220 g/mol. The maximum absolute atomic E-state index is 7.00. The van der Waals surface area contributed by atoms with Gasteiger partial charge in [0.1, 0.15) is 0 Å². The van der Waals surface area contributed by atoms with Crippen LogP contribution in [-0.4, -0.2) is 12.2 Å². The van der Waals surface area contributed by atoms with E-state index in [-0.39, 0.29) is 0 Å². The van der Waals surface area contributed by atoms with Gasteiger partial charge < -0.3 is 5.11 Å². The van der Waals surface area contributed by atoms with Gasteiger partial charge in [-0.1, -0.05) is 60.7 Å². The van der Waals surface area contributed by atoms with Gasteiger partial charge in [-0.3, -0.25) is 0 Å². The first kappa shape index (κ1) is 11.0. The lowest BCUT2D eigenvalue weighted by molar-refractivity contribution is 0.399. The van der Waals surface area contributed by atoms with Gasteiger partial charge in [-0.15, -0.1) is 0 Å². The van der Waals surface area contributed by atoms with E-state index in [4.69, 9.17) is 5.11 Å². The van der Waals surface area contributed by atoms with Gasteiger partial charge in [0.05, 0.1) is 0 Å². The van der Waals surface area contributed by atoms with Crippen LogP contribution in [0.25, 0.3) is 32.3 Å². The first-order chi connectivity index (χ1) is 8.93. The zero-order valence-corrected chi connectivity index (χ0v) is 10.2. The van der Waals surface area contributed by atoms with Crippen LogP contribution >= 0.6 is 0 Å². The molecule has 0 spiro atoms. The first-order valence-corrected chi connectivity index (χ1v) is 6.01. The molecule has 4 rings (SSSR count). The predicted molar refractivity (Wildman–Crippen MR) is 78.3 cm³/mol. The van der Waals surface area contributed by atoms with Gasteiger partial charge in [0.15, 0.2) is 0 Å². The van der Waals surface area contributed by atoms with E-state index in [0.717, 1.165) is 7.11 Å². The summed E-state index contributed by atoms with van der Waals surface area (Å²) in [5, 5.41) is 15.1. The summed E-state index contributed by atoms with van der Waals surface area (Å²) >= 11 is 0. The highest BCUT2D eigenvalue weighted by Crippen LogP contribution is 2.33. The van der Waals surface area contributed by atoms with E-state index in [1.54, 1.807) is 0 Å². The lowest BCUT2D eigenvalue weighted by Crippen LogP contribution is -1.82. The van der Waals surface area contributed by atoms with Gasteiger partial charge >= 0.3 is 0 Å². The lowest BCUT2D eigenvalue weighted by Gasteiger charge is -2.09. The zero-order chi connectivity index (χ0) is 12.5. The molecule has 4 aromatic carbocycles. The molecule has 0 amide bonds. The summed E-state index contributed by atoms with van der Waals surface area (Å²) in [6.45, 7) is 0. The van der Waals surface area contributed by atoms with Crippen molar-refractivity contribution in [3.05, 3.63) is 60.7 Å². The van der Waals surface area contributed by atoms with Crippen molar-refractivity contribution < 1.29 is 5.11 Å². The van der Waals surface area contributed by atoms with E-state index in [1.165, 1.54) is 32.3 Å². The number of hydrogen-bond acceptors (Lipinski definition) is 1. The number of aliphatic hydroxyl groups is 1. The maximum Gasteiger partial charge on any atom is 0.0319 e. The predicted octanol–water partition coefficient (Wildman–Crippen LogP) is 4.19. The average molecular weight is 234 g/mol. The van der Waals surface area contributed by atoms with Crippen molar-refractivity contribution >= 4 is 32.3 Å². The fraction of sp³-hybridized carbons (Fsp3) is 0.0588. The van der Waals surface area contributed by atoms with Crippen LogP contribution in [0.1, 0.15) is 0 Å². The third-order valence-electron chi connectivity index (χ3n) is 3.39. The molecule has 18 heavy (non-hydrogen) atoms. The Hall–Kier alpha value is -2.12. The molecule has 0 aliphatic rings. The van der Waals surface area contributed by atoms with Gasteiger partial charge in [0.25, 0.3) is 0 Å². The minimum atomic E-state index is 1.00. The molecule has 0 unspecified atom stereocenters. The van der Waals surface area contributed by atoms with Crippen molar-refractivity contribution in [2.75, 3.05) is 7.11 Å². The normalized spacial score (nSPS) is 10.8. The Kier molecular flexibility index (Phi) is 2.62. The average Bonchev–Trinajstić information content (AvgIpc) is 2.47. The summed E-state index contributed by atoms with van der Waals surface area (Å²) < 4.78 is 0. The summed E-state index contributed by atoms with van der Waals surface area (Å²) in [6, 6.07) is 21.9. The van der Waals surface area contributed by atoms with Gasteiger partial charge in [-0.05, 0) is 32.3 Å². The Balaban J connectivity index is 0.000000478. The molecule has 0 atom stereocenters. The van der Waals surface area contributed by atoms with E-state index in [0.29, 0.717) is 0 Å². The Morgan fingerprint density at radius 3 is 1.06 bits per heavy atom. The maximum atomic E-state index is 7.00. The Labute approximate surface area is 106 Å². The van der Waals surface area contributed by atoms with Crippen LogP contribution in [0.3, 0.4) is 0 Å². The van der Waals surface area contributed by atoms with E-state index >= 15 is 0 Å². The number of benzene rings is 4. The highest BCUT2D eigenvalue weighted by Gasteiger charge is 2.05. The number of hydrogen-bond donors (Lipinski definition) is 1. The molecule has 88 valence electrons. The molecule has 0 aromatic heterocycles. The van der Waals surface area contributed by atoms with Crippen LogP contribution in [0, 0.1) is 0 Å². The Morgan fingerprint density at radius 2 is 0.778 bits per heavy atom. The molecule has 0 heterocycles. The standard InChI is InChI=1S/C16H10.CH4O/c1-3-11-7-9-13-5-2-6-14-10-8-12(4-1)15(11)16(13)14;1-2/h1-10H;2H,1H3. The SMILES string of the molecule is CO.c1cc2ccc3cccc4ccc(c1)c2c34. The molecule has 0 aliphatic heterocycles. The Morgan fingerprint density at radius 1 is 0.500 bits per heavy atom. The molecule has 0 aliphatic carbocycles. The van der Waals surface area contributed by atoms with Crippen LogP contribution in [0.15, 0.2) is 60.7 Å². The van der Waals surface area contributed by atoms with Gasteiger partial charge in [-0.25, -0.2) is 0 Å². The monoisotopic (exact) mass is 234 g/mol. The van der Waals surface area contributed by atoms with Gasteiger partial charge in [0, 0.05) is 7.11 Å². The summed E-state index contributed by atoms with van der Waals surface area (Å²) in [4.78, 5) is 0. The molecule has 0 radical (unpaired) electrons. The lowest BCUT2D eigenvalue weighted by atomic mass is 9.95. The summed E-state index contributed by atoms with van der Waals surface area (Å²) in [7, 11) is 1.00. The molecule has 0 saturated heterocycles.